The molecule has 1 aliphatic rings. The molecule has 2 heteroatoms. The first-order valence-electron chi connectivity index (χ1n) is 3.76. The molecule has 0 aromatic rings. The standard InChI is InChI=1S/C9H13NS/c1-3-5-9-8(4-2)6-7-10-11-9/h3-5,10H,2,6-7H2,1H3/b5-3-. The molecular formula is C9H13NS. The Morgan fingerprint density at radius 2 is 2.45 bits per heavy atom. The van der Waals surface area contributed by atoms with Crippen LogP contribution in [0, 0.1) is 0 Å². The second-order valence-corrected chi connectivity index (χ2v) is 3.27. The van der Waals surface area contributed by atoms with Crippen molar-refractivity contribution in [3.8, 4) is 0 Å². The molecule has 0 bridgehead atoms. The van der Waals surface area contributed by atoms with Gasteiger partial charge in [-0.25, -0.2) is 0 Å². The molecule has 11 heavy (non-hydrogen) atoms. The van der Waals surface area contributed by atoms with Crippen LogP contribution >= 0.6 is 11.9 Å². The summed E-state index contributed by atoms with van der Waals surface area (Å²) in [5.74, 6) is 0. The van der Waals surface area contributed by atoms with E-state index < -0.39 is 0 Å². The summed E-state index contributed by atoms with van der Waals surface area (Å²) in [6.45, 7) is 6.86. The molecule has 1 nitrogen and oxygen atoms in total. The summed E-state index contributed by atoms with van der Waals surface area (Å²) in [7, 11) is 0. The zero-order valence-electron chi connectivity index (χ0n) is 6.76. The quantitative estimate of drug-likeness (QED) is 0.634. The van der Waals surface area contributed by atoms with Gasteiger partial charge in [-0.2, -0.15) is 0 Å². The minimum absolute atomic E-state index is 1.05. The summed E-state index contributed by atoms with van der Waals surface area (Å²) in [5.41, 5.74) is 1.35. The zero-order chi connectivity index (χ0) is 8.10. The predicted octanol–water partition coefficient (Wildman–Crippen LogP) is 2.64. The van der Waals surface area contributed by atoms with Crippen LogP contribution in [0.15, 0.2) is 35.3 Å². The van der Waals surface area contributed by atoms with Crippen LogP contribution in [0.5, 0.6) is 0 Å². The number of allylic oxidation sites excluding steroid dienone is 3. The first-order chi connectivity index (χ1) is 5.38. The molecule has 0 fully saturated rings. The largest absolute Gasteiger partial charge is 0.260 e. The molecule has 1 heterocycles. The van der Waals surface area contributed by atoms with E-state index in [1.807, 2.05) is 13.0 Å². The maximum absolute atomic E-state index is 3.78. The number of rotatable bonds is 2. The monoisotopic (exact) mass is 167 g/mol. The molecule has 1 N–H and O–H groups in total. The third-order valence-electron chi connectivity index (χ3n) is 1.56. The second-order valence-electron chi connectivity index (χ2n) is 2.34. The summed E-state index contributed by atoms with van der Waals surface area (Å²) < 4.78 is 3.24. The van der Waals surface area contributed by atoms with Crippen LogP contribution in [0.25, 0.3) is 0 Å². The Hall–Kier alpha value is -0.470. The highest BCUT2D eigenvalue weighted by molar-refractivity contribution is 8.01. The van der Waals surface area contributed by atoms with Crippen LogP contribution in [0.1, 0.15) is 13.3 Å². The molecule has 60 valence electrons. The fraction of sp³-hybridized carbons (Fsp3) is 0.333. The van der Waals surface area contributed by atoms with Crippen LogP contribution in [-0.4, -0.2) is 6.54 Å². The van der Waals surface area contributed by atoms with E-state index >= 15 is 0 Å². The zero-order valence-corrected chi connectivity index (χ0v) is 7.58. The molecular weight excluding hydrogens is 154 g/mol. The van der Waals surface area contributed by atoms with Gasteiger partial charge in [0.25, 0.3) is 0 Å². The van der Waals surface area contributed by atoms with Gasteiger partial charge in [-0.1, -0.05) is 24.8 Å². The minimum atomic E-state index is 1.05. The van der Waals surface area contributed by atoms with Crippen molar-refractivity contribution in [1.82, 2.24) is 4.72 Å². The van der Waals surface area contributed by atoms with Gasteiger partial charge < -0.3 is 0 Å². The number of hydrogen-bond donors (Lipinski definition) is 1. The lowest BCUT2D eigenvalue weighted by atomic mass is 10.1. The molecule has 0 amide bonds. The predicted molar refractivity (Wildman–Crippen MR) is 52.2 cm³/mol. The van der Waals surface area contributed by atoms with Crippen molar-refractivity contribution < 1.29 is 0 Å². The van der Waals surface area contributed by atoms with E-state index in [1.54, 1.807) is 11.9 Å². The van der Waals surface area contributed by atoms with Gasteiger partial charge >= 0.3 is 0 Å². The van der Waals surface area contributed by atoms with Crippen LogP contribution in [0.3, 0.4) is 0 Å². The molecule has 0 aromatic heterocycles. The van der Waals surface area contributed by atoms with Gasteiger partial charge in [0.2, 0.25) is 0 Å². The summed E-state index contributed by atoms with van der Waals surface area (Å²) in [6, 6.07) is 0. The lowest BCUT2D eigenvalue weighted by Gasteiger charge is -2.15. The van der Waals surface area contributed by atoms with Gasteiger partial charge in [0.1, 0.15) is 0 Å². The molecule has 1 aliphatic heterocycles. The average Bonchev–Trinajstić information content (AvgIpc) is 2.06. The lowest BCUT2D eigenvalue weighted by molar-refractivity contribution is 0.898. The molecule has 0 aliphatic carbocycles. The molecule has 0 unspecified atom stereocenters. The van der Waals surface area contributed by atoms with E-state index in [1.165, 1.54) is 10.5 Å². The average molecular weight is 167 g/mol. The smallest absolute Gasteiger partial charge is 0.0257 e. The van der Waals surface area contributed by atoms with Crippen molar-refractivity contribution in [3.63, 3.8) is 0 Å². The van der Waals surface area contributed by atoms with E-state index in [2.05, 4.69) is 23.5 Å². The maximum atomic E-state index is 3.78. The van der Waals surface area contributed by atoms with Gasteiger partial charge in [0, 0.05) is 11.4 Å². The highest BCUT2D eigenvalue weighted by Gasteiger charge is 2.06. The molecule has 0 radical (unpaired) electrons. The van der Waals surface area contributed by atoms with Crippen molar-refractivity contribution in [1.29, 1.82) is 0 Å². The van der Waals surface area contributed by atoms with E-state index in [9.17, 15) is 0 Å². The molecule has 0 spiro atoms. The van der Waals surface area contributed by atoms with Crippen LogP contribution < -0.4 is 4.72 Å². The normalized spacial score (nSPS) is 19.4. The molecule has 0 saturated heterocycles. The Balaban J connectivity index is 2.81. The van der Waals surface area contributed by atoms with Crippen LogP contribution in [0.4, 0.5) is 0 Å². The SMILES string of the molecule is C=CC1=C(/C=C\C)SNCC1. The third-order valence-corrected chi connectivity index (χ3v) is 2.53. The highest BCUT2D eigenvalue weighted by atomic mass is 32.2. The topological polar surface area (TPSA) is 12.0 Å². The van der Waals surface area contributed by atoms with E-state index in [0.29, 0.717) is 0 Å². The lowest BCUT2D eigenvalue weighted by Crippen LogP contribution is -2.12. The molecule has 1 rings (SSSR count). The molecule has 0 atom stereocenters. The van der Waals surface area contributed by atoms with Crippen molar-refractivity contribution in [2.45, 2.75) is 13.3 Å². The van der Waals surface area contributed by atoms with E-state index in [-0.39, 0.29) is 0 Å². The third kappa shape index (κ3) is 2.24. The van der Waals surface area contributed by atoms with Crippen LogP contribution in [-0.2, 0) is 0 Å². The Labute approximate surface area is 72.4 Å². The fourth-order valence-corrected chi connectivity index (χ4v) is 1.88. The minimum Gasteiger partial charge on any atom is -0.260 e. The summed E-state index contributed by atoms with van der Waals surface area (Å²) >= 11 is 1.69. The van der Waals surface area contributed by atoms with Gasteiger partial charge in [0.05, 0.1) is 0 Å². The van der Waals surface area contributed by atoms with Crippen molar-refractivity contribution in [2.24, 2.45) is 0 Å². The Morgan fingerprint density at radius 1 is 1.64 bits per heavy atom. The van der Waals surface area contributed by atoms with Gasteiger partial charge in [-0.15, -0.1) is 0 Å². The highest BCUT2D eigenvalue weighted by Crippen LogP contribution is 2.25. The van der Waals surface area contributed by atoms with Crippen molar-refractivity contribution in [2.75, 3.05) is 6.54 Å². The maximum Gasteiger partial charge on any atom is 0.0257 e. The first-order valence-corrected chi connectivity index (χ1v) is 4.58. The van der Waals surface area contributed by atoms with Crippen LogP contribution in [0.2, 0.25) is 0 Å². The van der Waals surface area contributed by atoms with Crippen molar-refractivity contribution in [3.05, 3.63) is 35.3 Å². The first kappa shape index (κ1) is 8.62. The van der Waals surface area contributed by atoms with E-state index in [4.69, 9.17) is 0 Å². The molecule has 0 aromatic carbocycles. The Bertz CT molecular complexity index is 204. The summed E-state index contributed by atoms with van der Waals surface area (Å²) in [6.07, 6.45) is 7.21. The number of nitrogens with one attached hydrogen (secondary N) is 1. The van der Waals surface area contributed by atoms with E-state index in [0.717, 1.165) is 13.0 Å². The summed E-state index contributed by atoms with van der Waals surface area (Å²) in [4.78, 5) is 1.30. The molecule has 0 saturated carbocycles. The second kappa shape index (κ2) is 4.42. The Morgan fingerprint density at radius 3 is 3.09 bits per heavy atom. The van der Waals surface area contributed by atoms with Gasteiger partial charge in [-0.3, -0.25) is 4.72 Å². The Kier molecular flexibility index (Phi) is 3.46. The number of hydrogen-bond acceptors (Lipinski definition) is 2. The fourth-order valence-electron chi connectivity index (χ4n) is 0.998. The van der Waals surface area contributed by atoms with Gasteiger partial charge in [0.15, 0.2) is 0 Å². The van der Waals surface area contributed by atoms with Crippen molar-refractivity contribution >= 4 is 11.9 Å². The van der Waals surface area contributed by atoms with Gasteiger partial charge in [-0.05, 0) is 30.9 Å². The summed E-state index contributed by atoms with van der Waals surface area (Å²) in [5, 5.41) is 0.